The van der Waals surface area contributed by atoms with E-state index < -0.39 is 12.2 Å². The maximum Gasteiger partial charge on any atom is 0.153 e. The normalized spacial score (nSPS) is 18.2. The molecule has 23 heavy (non-hydrogen) atoms. The fourth-order valence-electron chi connectivity index (χ4n) is 2.87. The molecule has 0 aliphatic carbocycles. The first kappa shape index (κ1) is 15.9. The molecule has 2 atom stereocenters. The van der Waals surface area contributed by atoms with Crippen molar-refractivity contribution in [1.82, 2.24) is 0 Å². The zero-order chi connectivity index (χ0) is 16.4. The number of methoxy groups -OCH3 is 1. The number of benzene rings is 2. The van der Waals surface area contributed by atoms with Gasteiger partial charge in [0.2, 0.25) is 0 Å². The summed E-state index contributed by atoms with van der Waals surface area (Å²) in [6.45, 7) is 1.92. The molecule has 0 fully saturated rings. The van der Waals surface area contributed by atoms with Crippen LogP contribution in [0.4, 0.5) is 0 Å². The monoisotopic (exact) mass is 330 g/mol. The molecule has 3 nitrogen and oxygen atoms in total. The van der Waals surface area contributed by atoms with Crippen molar-refractivity contribution in [3.63, 3.8) is 0 Å². The molecule has 2 aromatic carbocycles. The maximum atomic E-state index is 10.5. The number of para-hydroxylation sites is 2. The summed E-state index contributed by atoms with van der Waals surface area (Å²) >= 11 is 6.63. The molecule has 2 aromatic rings. The van der Waals surface area contributed by atoms with Crippen molar-refractivity contribution in [1.29, 1.82) is 0 Å². The molecular formula is C19H19ClO3. The van der Waals surface area contributed by atoms with Crippen LogP contribution in [0.3, 0.4) is 0 Å². The summed E-state index contributed by atoms with van der Waals surface area (Å²) in [4.78, 5) is 0. The van der Waals surface area contributed by atoms with Crippen molar-refractivity contribution in [2.75, 3.05) is 7.11 Å². The minimum atomic E-state index is -0.675. The number of aliphatic hydroxyl groups is 1. The van der Waals surface area contributed by atoms with Crippen molar-refractivity contribution in [2.45, 2.75) is 25.6 Å². The predicted octanol–water partition coefficient (Wildman–Crippen LogP) is 4.55. The van der Waals surface area contributed by atoms with Crippen LogP contribution in [0, 0.1) is 0 Å². The molecule has 4 heteroatoms. The van der Waals surface area contributed by atoms with Crippen LogP contribution in [0.5, 0.6) is 11.5 Å². The number of halogens is 1. The molecule has 0 bridgehead atoms. The van der Waals surface area contributed by atoms with Crippen LogP contribution in [0.2, 0.25) is 0 Å². The third-order valence-electron chi connectivity index (χ3n) is 4.07. The Labute approximate surface area is 141 Å². The number of aliphatic hydroxyl groups excluding tert-OH is 1. The van der Waals surface area contributed by atoms with E-state index in [4.69, 9.17) is 21.1 Å². The Morgan fingerprint density at radius 2 is 1.87 bits per heavy atom. The van der Waals surface area contributed by atoms with Crippen LogP contribution in [-0.2, 0) is 0 Å². The average molecular weight is 331 g/mol. The molecule has 3 rings (SSSR count). The molecule has 0 unspecified atom stereocenters. The maximum absolute atomic E-state index is 10.5. The first-order chi connectivity index (χ1) is 11.2. The summed E-state index contributed by atoms with van der Waals surface area (Å²) in [5, 5.41) is 11.1. The Balaban J connectivity index is 2.18. The minimum Gasteiger partial charge on any atom is -0.496 e. The lowest BCUT2D eigenvalue weighted by atomic mass is 9.90. The summed E-state index contributed by atoms with van der Waals surface area (Å²) in [7, 11) is 1.62. The van der Waals surface area contributed by atoms with Gasteiger partial charge in [-0.2, -0.15) is 0 Å². The molecule has 0 radical (unpaired) electrons. The van der Waals surface area contributed by atoms with Gasteiger partial charge in [-0.25, -0.2) is 0 Å². The molecule has 0 saturated carbocycles. The van der Waals surface area contributed by atoms with Crippen molar-refractivity contribution in [3.05, 3.63) is 65.2 Å². The molecule has 1 aliphatic heterocycles. The topological polar surface area (TPSA) is 38.7 Å². The lowest BCUT2D eigenvalue weighted by Crippen LogP contribution is -2.25. The lowest BCUT2D eigenvalue weighted by molar-refractivity contribution is 0.150. The van der Waals surface area contributed by atoms with E-state index in [1.165, 1.54) is 0 Å². The summed E-state index contributed by atoms with van der Waals surface area (Å²) in [5.74, 6) is 1.42. The highest BCUT2D eigenvalue weighted by Crippen LogP contribution is 2.47. The second-order valence-corrected chi connectivity index (χ2v) is 5.81. The molecule has 120 valence electrons. The molecule has 1 heterocycles. The Morgan fingerprint density at radius 3 is 2.61 bits per heavy atom. The van der Waals surface area contributed by atoms with Crippen LogP contribution < -0.4 is 9.47 Å². The highest BCUT2D eigenvalue weighted by atomic mass is 35.5. The second-order valence-electron chi connectivity index (χ2n) is 5.43. The fraction of sp³-hybridized carbons (Fsp3) is 0.263. The van der Waals surface area contributed by atoms with E-state index in [-0.39, 0.29) is 0 Å². The van der Waals surface area contributed by atoms with Crippen molar-refractivity contribution >= 4 is 16.6 Å². The van der Waals surface area contributed by atoms with Gasteiger partial charge in [-0.1, -0.05) is 48.9 Å². The number of hydrogen-bond donors (Lipinski definition) is 1. The zero-order valence-electron chi connectivity index (χ0n) is 13.1. The molecule has 1 N–H and O–H groups in total. The van der Waals surface area contributed by atoms with Crippen molar-refractivity contribution < 1.29 is 14.6 Å². The van der Waals surface area contributed by atoms with Crippen LogP contribution in [0.25, 0.3) is 5.03 Å². The number of fused-ring (bicyclic) bond motifs is 1. The first-order valence-corrected chi connectivity index (χ1v) is 8.01. The van der Waals surface area contributed by atoms with Gasteiger partial charge in [-0.3, -0.25) is 0 Å². The smallest absolute Gasteiger partial charge is 0.153 e. The summed E-state index contributed by atoms with van der Waals surface area (Å²) in [6.07, 6.45) is -0.586. The van der Waals surface area contributed by atoms with Gasteiger partial charge >= 0.3 is 0 Å². The molecule has 0 aromatic heterocycles. The largest absolute Gasteiger partial charge is 0.496 e. The van der Waals surface area contributed by atoms with E-state index in [9.17, 15) is 5.11 Å². The summed E-state index contributed by atoms with van der Waals surface area (Å²) in [6, 6.07) is 15.2. The van der Waals surface area contributed by atoms with E-state index in [0.29, 0.717) is 28.5 Å². The van der Waals surface area contributed by atoms with E-state index >= 15 is 0 Å². The minimum absolute atomic E-state index is 0.469. The van der Waals surface area contributed by atoms with E-state index in [1.807, 2.05) is 55.5 Å². The Morgan fingerprint density at radius 1 is 1.17 bits per heavy atom. The molecule has 0 amide bonds. The van der Waals surface area contributed by atoms with Gasteiger partial charge in [0.25, 0.3) is 0 Å². The third kappa shape index (κ3) is 2.82. The van der Waals surface area contributed by atoms with E-state index in [2.05, 4.69) is 0 Å². The second kappa shape index (κ2) is 6.65. The third-order valence-corrected chi connectivity index (χ3v) is 4.49. The van der Waals surface area contributed by atoms with Crippen molar-refractivity contribution in [3.8, 4) is 11.5 Å². The average Bonchev–Trinajstić information content (AvgIpc) is 2.61. The standard InChI is InChI=1S/C19H19ClO3/c1-3-14(21)17-18(20)12-8-4-7-11-16(12)23-19(17)13-9-5-6-10-15(13)22-2/h4-11,14,19,21H,3H2,1-2H3/t14-,19+/m1/s1. The number of rotatable bonds is 4. The first-order valence-electron chi connectivity index (χ1n) is 7.64. The molecular weight excluding hydrogens is 312 g/mol. The molecule has 0 spiro atoms. The number of hydrogen-bond acceptors (Lipinski definition) is 3. The molecule has 1 aliphatic rings. The summed E-state index contributed by atoms with van der Waals surface area (Å²) in [5.41, 5.74) is 2.34. The van der Waals surface area contributed by atoms with Gasteiger partial charge < -0.3 is 14.6 Å². The van der Waals surface area contributed by atoms with Crippen LogP contribution in [0.15, 0.2) is 54.1 Å². The highest BCUT2D eigenvalue weighted by Gasteiger charge is 2.34. The van der Waals surface area contributed by atoms with Gasteiger partial charge in [0.05, 0.1) is 18.2 Å². The highest BCUT2D eigenvalue weighted by molar-refractivity contribution is 6.49. The van der Waals surface area contributed by atoms with Crippen molar-refractivity contribution in [2.24, 2.45) is 0 Å². The van der Waals surface area contributed by atoms with E-state index in [1.54, 1.807) is 7.11 Å². The van der Waals surface area contributed by atoms with Crippen LogP contribution >= 0.6 is 11.6 Å². The van der Waals surface area contributed by atoms with Gasteiger partial charge in [0.15, 0.2) is 6.10 Å². The van der Waals surface area contributed by atoms with Gasteiger partial charge in [-0.05, 0) is 24.6 Å². The van der Waals surface area contributed by atoms with Crippen LogP contribution in [0.1, 0.15) is 30.6 Å². The summed E-state index contributed by atoms with van der Waals surface area (Å²) < 4.78 is 11.6. The Bertz CT molecular complexity index is 739. The predicted molar refractivity (Wildman–Crippen MR) is 91.9 cm³/mol. The lowest BCUT2D eigenvalue weighted by Gasteiger charge is -2.32. The Hall–Kier alpha value is -1.97. The number of ether oxygens (including phenoxy) is 2. The van der Waals surface area contributed by atoms with Gasteiger partial charge in [0, 0.05) is 16.7 Å². The van der Waals surface area contributed by atoms with E-state index in [0.717, 1.165) is 11.1 Å². The van der Waals surface area contributed by atoms with Crippen LogP contribution in [-0.4, -0.2) is 18.3 Å². The Kier molecular flexibility index (Phi) is 4.60. The van der Waals surface area contributed by atoms with Gasteiger partial charge in [-0.15, -0.1) is 0 Å². The molecule has 0 saturated heterocycles. The zero-order valence-corrected chi connectivity index (χ0v) is 13.9. The SMILES string of the molecule is CC[C@@H](O)C1=C(Cl)c2ccccc2O[C@H]1c1ccccc1OC. The van der Waals surface area contributed by atoms with Gasteiger partial charge in [0.1, 0.15) is 11.5 Å². The fourth-order valence-corrected chi connectivity index (χ4v) is 3.25. The quantitative estimate of drug-likeness (QED) is 0.893.